The molecule has 28 heavy (non-hydrogen) atoms. The van der Waals surface area contributed by atoms with Crippen LogP contribution < -0.4 is 5.32 Å². The van der Waals surface area contributed by atoms with Crippen LogP contribution in [-0.4, -0.2) is 25.2 Å². The van der Waals surface area contributed by atoms with Gasteiger partial charge in [0.25, 0.3) is 0 Å². The maximum atomic E-state index is 13.3. The van der Waals surface area contributed by atoms with Crippen LogP contribution in [0.1, 0.15) is 16.8 Å². The van der Waals surface area contributed by atoms with Crippen LogP contribution in [0.2, 0.25) is 0 Å². The summed E-state index contributed by atoms with van der Waals surface area (Å²) in [7, 11) is 0. The number of hydrogen-bond donors (Lipinski definition) is 1. The number of nitrogens with zero attached hydrogens (tertiary/aromatic N) is 4. The van der Waals surface area contributed by atoms with Gasteiger partial charge >= 0.3 is 0 Å². The van der Waals surface area contributed by atoms with E-state index in [2.05, 4.69) is 15.4 Å². The smallest absolute Gasteiger partial charge is 0.246 e. The summed E-state index contributed by atoms with van der Waals surface area (Å²) in [6.45, 7) is 5.68. The summed E-state index contributed by atoms with van der Waals surface area (Å²) in [6.07, 6.45) is 3.82. The summed E-state index contributed by atoms with van der Waals surface area (Å²) in [6, 6.07) is 10.1. The van der Waals surface area contributed by atoms with Gasteiger partial charge in [0.2, 0.25) is 5.91 Å². The highest BCUT2D eigenvalue weighted by molar-refractivity contribution is 5.93. The Bertz CT molecular complexity index is 1180. The summed E-state index contributed by atoms with van der Waals surface area (Å²) in [5.41, 5.74) is 3.81. The molecule has 0 bridgehead atoms. The molecule has 0 atom stereocenters. The molecule has 1 amide bonds. The molecule has 0 aliphatic carbocycles. The van der Waals surface area contributed by atoms with Gasteiger partial charge in [0, 0.05) is 23.8 Å². The average Bonchev–Trinajstić information content (AvgIpc) is 3.26. The van der Waals surface area contributed by atoms with Gasteiger partial charge in [-0.25, -0.2) is 14.1 Å². The molecule has 142 valence electrons. The number of nitrogens with one attached hydrogen (secondary N) is 1. The minimum Gasteiger partial charge on any atom is -0.324 e. The van der Waals surface area contributed by atoms with E-state index < -0.39 is 0 Å². The van der Waals surface area contributed by atoms with Crippen molar-refractivity contribution >= 4 is 22.6 Å². The highest BCUT2D eigenvalue weighted by atomic mass is 19.1. The Morgan fingerprint density at radius 2 is 1.86 bits per heavy atom. The average molecular weight is 377 g/mol. The van der Waals surface area contributed by atoms with Crippen molar-refractivity contribution in [2.24, 2.45) is 0 Å². The van der Waals surface area contributed by atoms with Gasteiger partial charge < -0.3 is 9.88 Å². The van der Waals surface area contributed by atoms with Crippen LogP contribution in [0.15, 0.2) is 48.8 Å². The highest BCUT2D eigenvalue weighted by Gasteiger charge is 2.18. The summed E-state index contributed by atoms with van der Waals surface area (Å²) in [5, 5.41) is 8.38. The van der Waals surface area contributed by atoms with Crippen molar-refractivity contribution in [3.8, 4) is 5.82 Å². The Morgan fingerprint density at radius 3 is 2.57 bits per heavy atom. The number of rotatable bonds is 4. The first-order chi connectivity index (χ1) is 13.4. The van der Waals surface area contributed by atoms with Gasteiger partial charge in [-0.1, -0.05) is 0 Å². The van der Waals surface area contributed by atoms with Crippen molar-refractivity contribution in [3.05, 3.63) is 71.4 Å². The lowest BCUT2D eigenvalue weighted by atomic mass is 10.2. The Labute approximate surface area is 161 Å². The van der Waals surface area contributed by atoms with E-state index in [1.807, 2.05) is 49.0 Å². The molecule has 6 nitrogen and oxygen atoms in total. The minimum atomic E-state index is -0.333. The molecular formula is C21H20FN5O. The summed E-state index contributed by atoms with van der Waals surface area (Å²) in [4.78, 5) is 17.2. The third kappa shape index (κ3) is 3.26. The van der Waals surface area contributed by atoms with Gasteiger partial charge in [-0.15, -0.1) is 0 Å². The van der Waals surface area contributed by atoms with Gasteiger partial charge in [0.1, 0.15) is 12.4 Å². The lowest BCUT2D eigenvalue weighted by Crippen LogP contribution is -2.20. The molecule has 7 heteroatoms. The van der Waals surface area contributed by atoms with Gasteiger partial charge in [-0.05, 0) is 68.3 Å². The minimum absolute atomic E-state index is 0.00444. The maximum Gasteiger partial charge on any atom is 0.246 e. The van der Waals surface area contributed by atoms with Crippen LogP contribution in [0.25, 0.3) is 16.9 Å². The lowest BCUT2D eigenvalue weighted by Gasteiger charge is -2.09. The van der Waals surface area contributed by atoms with Gasteiger partial charge in [-0.2, -0.15) is 5.10 Å². The second kappa shape index (κ2) is 6.92. The molecule has 4 aromatic rings. The largest absolute Gasteiger partial charge is 0.324 e. The molecule has 0 aliphatic heterocycles. The van der Waals surface area contributed by atoms with Crippen LogP contribution in [0.5, 0.6) is 0 Å². The van der Waals surface area contributed by atoms with Crippen molar-refractivity contribution < 1.29 is 9.18 Å². The number of anilines is 1. The van der Waals surface area contributed by atoms with E-state index in [-0.39, 0.29) is 18.3 Å². The second-order valence-electron chi connectivity index (χ2n) is 6.86. The fraction of sp³-hybridized carbons (Fsp3) is 0.190. The van der Waals surface area contributed by atoms with E-state index >= 15 is 0 Å². The third-order valence-corrected chi connectivity index (χ3v) is 4.61. The predicted molar refractivity (Wildman–Crippen MR) is 106 cm³/mol. The zero-order valence-electron chi connectivity index (χ0n) is 15.9. The van der Waals surface area contributed by atoms with Crippen molar-refractivity contribution in [1.82, 2.24) is 19.3 Å². The number of aryl methyl sites for hydroxylation is 3. The highest BCUT2D eigenvalue weighted by Crippen LogP contribution is 2.25. The first-order valence-corrected chi connectivity index (χ1v) is 8.96. The number of halogens is 1. The zero-order chi connectivity index (χ0) is 19.8. The predicted octanol–water partition coefficient (Wildman–Crippen LogP) is 3.93. The van der Waals surface area contributed by atoms with Crippen molar-refractivity contribution in [2.75, 3.05) is 5.32 Å². The molecule has 3 aromatic heterocycles. The Hall–Kier alpha value is -3.48. The first-order valence-electron chi connectivity index (χ1n) is 8.96. The SMILES string of the molecule is Cc1cc(C)c2c(-n3cccc3)nn(CC(=O)Nc3ccc(F)cc3C)c2n1. The van der Waals surface area contributed by atoms with E-state index in [9.17, 15) is 9.18 Å². The number of carbonyl (C=O) groups excluding carboxylic acids is 1. The molecule has 0 unspecified atom stereocenters. The number of fused-ring (bicyclic) bond motifs is 1. The van der Waals surface area contributed by atoms with Gasteiger partial charge in [0.05, 0.1) is 5.39 Å². The Kier molecular flexibility index (Phi) is 4.43. The topological polar surface area (TPSA) is 64.7 Å². The molecule has 0 saturated heterocycles. The number of benzene rings is 1. The van der Waals surface area contributed by atoms with E-state index in [1.165, 1.54) is 12.1 Å². The van der Waals surface area contributed by atoms with Crippen LogP contribution in [0.3, 0.4) is 0 Å². The molecule has 1 N–H and O–H groups in total. The molecule has 1 aromatic carbocycles. The molecule has 0 saturated carbocycles. The van der Waals surface area contributed by atoms with Crippen LogP contribution in [-0.2, 0) is 11.3 Å². The van der Waals surface area contributed by atoms with Crippen LogP contribution in [0.4, 0.5) is 10.1 Å². The summed E-state index contributed by atoms with van der Waals surface area (Å²) < 4.78 is 16.8. The fourth-order valence-corrected chi connectivity index (χ4v) is 3.35. The maximum absolute atomic E-state index is 13.3. The second-order valence-corrected chi connectivity index (χ2v) is 6.86. The molecular weight excluding hydrogens is 357 g/mol. The number of carbonyl (C=O) groups is 1. The fourth-order valence-electron chi connectivity index (χ4n) is 3.35. The first kappa shape index (κ1) is 17.9. The molecule has 3 heterocycles. The lowest BCUT2D eigenvalue weighted by molar-refractivity contribution is -0.116. The standard InChI is InChI=1S/C21H20FN5O/c1-13-11-16(22)6-7-17(13)24-18(28)12-27-20-19(14(2)10-15(3)23-20)21(25-27)26-8-4-5-9-26/h4-11H,12H2,1-3H3,(H,24,28). The van der Waals surface area contributed by atoms with Gasteiger partial charge in [0.15, 0.2) is 11.5 Å². The van der Waals surface area contributed by atoms with Crippen molar-refractivity contribution in [2.45, 2.75) is 27.3 Å². The van der Waals surface area contributed by atoms with E-state index in [4.69, 9.17) is 0 Å². The third-order valence-electron chi connectivity index (χ3n) is 4.61. The number of pyridine rings is 1. The van der Waals surface area contributed by atoms with E-state index in [0.29, 0.717) is 16.9 Å². The molecule has 4 rings (SSSR count). The number of amides is 1. The summed E-state index contributed by atoms with van der Waals surface area (Å²) in [5.74, 6) is 0.148. The molecule has 0 spiro atoms. The molecule has 0 radical (unpaired) electrons. The quantitative estimate of drug-likeness (QED) is 0.586. The Balaban J connectivity index is 1.71. The van der Waals surface area contributed by atoms with Crippen LogP contribution >= 0.6 is 0 Å². The van der Waals surface area contributed by atoms with Crippen molar-refractivity contribution in [3.63, 3.8) is 0 Å². The number of hydrogen-bond acceptors (Lipinski definition) is 3. The molecule has 0 aliphatic rings. The molecule has 0 fully saturated rings. The Morgan fingerprint density at radius 1 is 1.11 bits per heavy atom. The zero-order valence-corrected chi connectivity index (χ0v) is 15.9. The van der Waals surface area contributed by atoms with Crippen molar-refractivity contribution in [1.29, 1.82) is 0 Å². The monoisotopic (exact) mass is 377 g/mol. The van der Waals surface area contributed by atoms with E-state index in [0.717, 1.165) is 22.5 Å². The van der Waals surface area contributed by atoms with Crippen LogP contribution in [0, 0.1) is 26.6 Å². The van der Waals surface area contributed by atoms with Gasteiger partial charge in [-0.3, -0.25) is 4.79 Å². The number of aromatic nitrogens is 4. The normalized spacial score (nSPS) is 11.1. The summed E-state index contributed by atoms with van der Waals surface area (Å²) >= 11 is 0. The van der Waals surface area contributed by atoms with E-state index in [1.54, 1.807) is 17.7 Å².